The SMILES string of the molecule is Cc1ccc(-n2nc(C3CN(Cc4ccncc4)C3)cc2NC(=O)c2cnn3cccnc23)cc1. The van der Waals surface area contributed by atoms with E-state index in [2.05, 4.69) is 25.3 Å². The van der Waals surface area contributed by atoms with Crippen LogP contribution >= 0.6 is 0 Å². The summed E-state index contributed by atoms with van der Waals surface area (Å²) in [6, 6.07) is 15.9. The molecule has 0 spiro atoms. The van der Waals surface area contributed by atoms with Gasteiger partial charge in [-0.25, -0.2) is 14.2 Å². The molecular formula is C26H24N8O. The number of aryl methyl sites for hydroxylation is 1. The van der Waals surface area contributed by atoms with Crippen LogP contribution in [-0.4, -0.2) is 53.3 Å². The number of anilines is 1. The van der Waals surface area contributed by atoms with E-state index in [0.29, 0.717) is 22.9 Å². The number of hydrogen-bond donors (Lipinski definition) is 1. The molecular weight excluding hydrogens is 440 g/mol. The molecule has 0 unspecified atom stereocenters. The molecule has 0 atom stereocenters. The monoisotopic (exact) mass is 464 g/mol. The normalized spacial score (nSPS) is 14.2. The minimum Gasteiger partial charge on any atom is -0.306 e. The molecule has 1 N–H and O–H groups in total. The van der Waals surface area contributed by atoms with Gasteiger partial charge in [-0.15, -0.1) is 0 Å². The molecule has 0 aliphatic carbocycles. The van der Waals surface area contributed by atoms with E-state index in [0.717, 1.165) is 36.6 Å². The van der Waals surface area contributed by atoms with Crippen molar-refractivity contribution in [3.63, 3.8) is 0 Å². The summed E-state index contributed by atoms with van der Waals surface area (Å²) in [5.41, 5.74) is 5.19. The van der Waals surface area contributed by atoms with E-state index < -0.39 is 0 Å². The first-order chi connectivity index (χ1) is 17.1. The van der Waals surface area contributed by atoms with E-state index in [-0.39, 0.29) is 5.91 Å². The zero-order valence-corrected chi connectivity index (χ0v) is 19.2. The van der Waals surface area contributed by atoms with Gasteiger partial charge in [-0.3, -0.25) is 14.7 Å². The third-order valence-electron chi connectivity index (χ3n) is 6.30. The highest BCUT2D eigenvalue weighted by Gasteiger charge is 2.31. The van der Waals surface area contributed by atoms with Gasteiger partial charge in [0.05, 0.1) is 17.6 Å². The number of nitrogens with one attached hydrogen (secondary N) is 1. The highest BCUT2D eigenvalue weighted by Crippen LogP contribution is 2.30. The summed E-state index contributed by atoms with van der Waals surface area (Å²) in [4.78, 5) is 24.0. The van der Waals surface area contributed by atoms with Crippen LogP contribution in [0.15, 0.2) is 79.5 Å². The Morgan fingerprint density at radius 1 is 1.09 bits per heavy atom. The summed E-state index contributed by atoms with van der Waals surface area (Å²) in [6.45, 7) is 4.77. The number of rotatable bonds is 6. The van der Waals surface area contributed by atoms with Gasteiger partial charge < -0.3 is 5.32 Å². The standard InChI is InChI=1S/C26H24N8O/c1-18-3-5-21(6-4-18)34-24(30-26(35)22-14-29-33-12-2-9-28-25(22)33)13-23(31-34)20-16-32(17-20)15-19-7-10-27-11-8-19/h2-14,20H,15-17H2,1H3,(H,30,35). The van der Waals surface area contributed by atoms with E-state index in [1.165, 1.54) is 11.8 Å². The number of fused-ring (bicyclic) bond motifs is 1. The number of likely N-dealkylation sites (tertiary alicyclic amines) is 1. The van der Waals surface area contributed by atoms with Crippen molar-refractivity contribution in [3.8, 4) is 5.69 Å². The Morgan fingerprint density at radius 2 is 1.89 bits per heavy atom. The van der Waals surface area contributed by atoms with Crippen LogP contribution in [0.3, 0.4) is 0 Å². The molecule has 0 saturated carbocycles. The summed E-state index contributed by atoms with van der Waals surface area (Å²) >= 11 is 0. The maximum Gasteiger partial charge on any atom is 0.262 e. The second kappa shape index (κ2) is 8.77. The molecule has 5 heterocycles. The molecule has 1 fully saturated rings. The average Bonchev–Trinajstić information content (AvgIpc) is 3.47. The zero-order chi connectivity index (χ0) is 23.8. The molecule has 9 heteroatoms. The molecule has 1 amide bonds. The summed E-state index contributed by atoms with van der Waals surface area (Å²) in [5.74, 6) is 0.654. The van der Waals surface area contributed by atoms with Gasteiger partial charge in [-0.05, 0) is 42.8 Å². The maximum atomic E-state index is 13.2. The molecule has 1 aromatic carbocycles. The second-order valence-corrected chi connectivity index (χ2v) is 8.85. The van der Waals surface area contributed by atoms with E-state index in [4.69, 9.17) is 5.10 Å². The van der Waals surface area contributed by atoms with Crippen LogP contribution in [0, 0.1) is 6.92 Å². The molecule has 0 bridgehead atoms. The predicted molar refractivity (Wildman–Crippen MR) is 131 cm³/mol. The fraction of sp³-hybridized carbons (Fsp3) is 0.192. The van der Waals surface area contributed by atoms with Crippen LogP contribution in [0.2, 0.25) is 0 Å². The first kappa shape index (κ1) is 21.2. The third-order valence-corrected chi connectivity index (χ3v) is 6.30. The molecule has 1 saturated heterocycles. The van der Waals surface area contributed by atoms with Crippen molar-refractivity contribution in [2.24, 2.45) is 0 Å². The van der Waals surface area contributed by atoms with Crippen molar-refractivity contribution in [1.29, 1.82) is 0 Å². The molecule has 1 aliphatic heterocycles. The lowest BCUT2D eigenvalue weighted by molar-refractivity contribution is 0.102. The molecule has 1 aliphatic rings. The molecule has 4 aromatic heterocycles. The maximum absolute atomic E-state index is 13.2. The summed E-state index contributed by atoms with van der Waals surface area (Å²) in [6.07, 6.45) is 8.60. The Hall–Kier alpha value is -4.37. The van der Waals surface area contributed by atoms with Crippen LogP contribution in [0.25, 0.3) is 11.3 Å². The van der Waals surface area contributed by atoms with Crippen molar-refractivity contribution < 1.29 is 4.79 Å². The van der Waals surface area contributed by atoms with Crippen LogP contribution in [0.1, 0.15) is 33.1 Å². The van der Waals surface area contributed by atoms with E-state index in [1.54, 1.807) is 27.7 Å². The second-order valence-electron chi connectivity index (χ2n) is 8.85. The quantitative estimate of drug-likeness (QED) is 0.414. The van der Waals surface area contributed by atoms with Crippen LogP contribution in [0.4, 0.5) is 5.82 Å². The van der Waals surface area contributed by atoms with Crippen LogP contribution in [0.5, 0.6) is 0 Å². The highest BCUT2D eigenvalue weighted by atomic mass is 16.1. The van der Waals surface area contributed by atoms with Gasteiger partial charge in [0.15, 0.2) is 5.65 Å². The number of hydrogen-bond acceptors (Lipinski definition) is 6. The first-order valence-corrected chi connectivity index (χ1v) is 11.5. The number of amides is 1. The number of aromatic nitrogens is 6. The van der Waals surface area contributed by atoms with E-state index >= 15 is 0 Å². The number of nitrogens with zero attached hydrogens (tertiary/aromatic N) is 7. The zero-order valence-electron chi connectivity index (χ0n) is 19.2. The van der Waals surface area contributed by atoms with Gasteiger partial charge in [0.25, 0.3) is 5.91 Å². The Bertz CT molecular complexity index is 1480. The smallest absolute Gasteiger partial charge is 0.262 e. The highest BCUT2D eigenvalue weighted by molar-refractivity contribution is 6.07. The van der Waals surface area contributed by atoms with Crippen molar-refractivity contribution in [2.75, 3.05) is 18.4 Å². The first-order valence-electron chi connectivity index (χ1n) is 11.5. The van der Waals surface area contributed by atoms with Crippen molar-refractivity contribution in [1.82, 2.24) is 34.3 Å². The number of pyridine rings is 1. The molecule has 9 nitrogen and oxygen atoms in total. The molecule has 35 heavy (non-hydrogen) atoms. The largest absolute Gasteiger partial charge is 0.306 e. The van der Waals surface area contributed by atoms with Gasteiger partial charge in [0, 0.05) is 56.4 Å². The van der Waals surface area contributed by atoms with E-state index in [1.807, 2.05) is 61.8 Å². The van der Waals surface area contributed by atoms with Gasteiger partial charge >= 0.3 is 0 Å². The Labute approximate surface area is 202 Å². The Balaban J connectivity index is 1.26. The van der Waals surface area contributed by atoms with Crippen LogP contribution in [-0.2, 0) is 6.54 Å². The van der Waals surface area contributed by atoms with Crippen molar-refractivity contribution >= 4 is 17.4 Å². The van der Waals surface area contributed by atoms with Gasteiger partial charge in [-0.1, -0.05) is 17.7 Å². The Kier molecular flexibility index (Phi) is 5.31. The summed E-state index contributed by atoms with van der Waals surface area (Å²) < 4.78 is 3.39. The lowest BCUT2D eigenvalue weighted by Crippen LogP contribution is -2.44. The fourth-order valence-corrected chi connectivity index (χ4v) is 4.37. The van der Waals surface area contributed by atoms with E-state index in [9.17, 15) is 4.79 Å². The topological polar surface area (TPSA) is 93.2 Å². The minimum absolute atomic E-state index is 0.272. The molecule has 6 rings (SSSR count). The number of benzene rings is 1. The summed E-state index contributed by atoms with van der Waals surface area (Å²) in [7, 11) is 0. The minimum atomic E-state index is -0.272. The predicted octanol–water partition coefficient (Wildman–Crippen LogP) is 3.47. The number of carbonyl (C=O) groups is 1. The summed E-state index contributed by atoms with van der Waals surface area (Å²) in [5, 5.41) is 12.2. The van der Waals surface area contributed by atoms with Gasteiger partial charge in [0.1, 0.15) is 11.4 Å². The van der Waals surface area contributed by atoms with Crippen LogP contribution < -0.4 is 5.32 Å². The van der Waals surface area contributed by atoms with Crippen molar-refractivity contribution in [3.05, 3.63) is 102 Å². The molecule has 174 valence electrons. The van der Waals surface area contributed by atoms with Gasteiger partial charge in [0.2, 0.25) is 0 Å². The van der Waals surface area contributed by atoms with Gasteiger partial charge in [-0.2, -0.15) is 10.2 Å². The van der Waals surface area contributed by atoms with Crippen molar-refractivity contribution in [2.45, 2.75) is 19.4 Å². The molecule has 0 radical (unpaired) electrons. The third kappa shape index (κ3) is 4.17. The lowest BCUT2D eigenvalue weighted by Gasteiger charge is -2.38. The Morgan fingerprint density at radius 3 is 2.69 bits per heavy atom. The fourth-order valence-electron chi connectivity index (χ4n) is 4.37. The molecule has 5 aromatic rings. The average molecular weight is 465 g/mol. The number of carbonyl (C=O) groups excluding carboxylic acids is 1. The lowest BCUT2D eigenvalue weighted by atomic mass is 9.96.